The molecule has 0 spiro atoms. The molecule has 0 amide bonds. The second-order valence-electron chi connectivity index (χ2n) is 24.9. The second kappa shape index (κ2) is 70.9. The minimum absolute atomic E-state index is 0.0681. The molecule has 0 aliphatic rings. The summed E-state index contributed by atoms with van der Waals surface area (Å²) >= 11 is 0. The predicted molar refractivity (Wildman–Crippen MR) is 358 cm³/mol. The Morgan fingerprint density at radius 2 is 0.439 bits per heavy atom. The smallest absolute Gasteiger partial charge is 0.306 e. The van der Waals surface area contributed by atoms with Crippen LogP contribution < -0.4 is 0 Å². The van der Waals surface area contributed by atoms with E-state index in [2.05, 4.69) is 69.4 Å². The normalized spacial score (nSPS) is 12.3. The Morgan fingerprint density at radius 3 is 0.695 bits per heavy atom. The van der Waals surface area contributed by atoms with Gasteiger partial charge in [-0.2, -0.15) is 0 Å². The molecule has 1 atom stereocenters. The number of esters is 3. The number of allylic oxidation sites excluding steroid dienone is 8. The number of hydrogen-bond acceptors (Lipinski definition) is 6. The van der Waals surface area contributed by atoms with E-state index in [1.165, 1.54) is 289 Å². The molecule has 0 fully saturated rings. The zero-order valence-electron chi connectivity index (χ0n) is 55.3. The third-order valence-corrected chi connectivity index (χ3v) is 16.6. The van der Waals surface area contributed by atoms with E-state index in [0.717, 1.165) is 70.6 Å². The lowest BCUT2D eigenvalue weighted by atomic mass is 10.0. The van der Waals surface area contributed by atoms with Gasteiger partial charge in [-0.1, -0.05) is 345 Å². The molecule has 0 bridgehead atoms. The zero-order chi connectivity index (χ0) is 59.2. The Balaban J connectivity index is 4.09. The van der Waals surface area contributed by atoms with E-state index >= 15 is 0 Å². The summed E-state index contributed by atoms with van der Waals surface area (Å²) in [7, 11) is 0. The van der Waals surface area contributed by atoms with Gasteiger partial charge >= 0.3 is 17.9 Å². The Hall–Kier alpha value is -2.63. The maximum Gasteiger partial charge on any atom is 0.306 e. The first kappa shape index (κ1) is 79.4. The molecular formula is C76H140O6. The number of rotatable bonds is 68. The molecule has 0 aromatic carbocycles. The average molecular weight is 1150 g/mol. The third-order valence-electron chi connectivity index (χ3n) is 16.6. The SMILES string of the molecule is CCCCCCC/C=C\C/C=C\C/C=C\CCCCCCCCCCCCCCCCCCCCC(=O)OCC(COC(=O)CCCCCCCCCCCC)OC(=O)CCCCCCCCCCC/C=C\CCCCCCCCCC. The Bertz CT molecular complexity index is 1410. The molecule has 0 aromatic heterocycles. The molecule has 6 heteroatoms. The van der Waals surface area contributed by atoms with E-state index in [4.69, 9.17) is 14.2 Å². The molecule has 0 N–H and O–H groups in total. The summed E-state index contributed by atoms with van der Waals surface area (Å²) in [6.45, 7) is 6.68. The van der Waals surface area contributed by atoms with Crippen molar-refractivity contribution in [3.63, 3.8) is 0 Å². The van der Waals surface area contributed by atoms with E-state index in [1.807, 2.05) is 0 Å². The Kier molecular flexibility index (Phi) is 68.6. The van der Waals surface area contributed by atoms with Crippen molar-refractivity contribution >= 4 is 17.9 Å². The monoisotopic (exact) mass is 1150 g/mol. The van der Waals surface area contributed by atoms with Crippen molar-refractivity contribution in [2.75, 3.05) is 13.2 Å². The maximum atomic E-state index is 12.9. The van der Waals surface area contributed by atoms with Crippen LogP contribution in [0.2, 0.25) is 0 Å². The van der Waals surface area contributed by atoms with Crippen LogP contribution in [0, 0.1) is 0 Å². The van der Waals surface area contributed by atoms with Crippen LogP contribution in [0.3, 0.4) is 0 Å². The lowest BCUT2D eigenvalue weighted by Gasteiger charge is -2.18. The summed E-state index contributed by atoms with van der Waals surface area (Å²) in [5, 5.41) is 0. The summed E-state index contributed by atoms with van der Waals surface area (Å²) in [6, 6.07) is 0. The highest BCUT2D eigenvalue weighted by Crippen LogP contribution is 2.18. The lowest BCUT2D eigenvalue weighted by molar-refractivity contribution is -0.167. The van der Waals surface area contributed by atoms with Crippen LogP contribution in [0.25, 0.3) is 0 Å². The van der Waals surface area contributed by atoms with E-state index in [0.29, 0.717) is 19.3 Å². The van der Waals surface area contributed by atoms with Crippen LogP contribution in [0.15, 0.2) is 48.6 Å². The van der Waals surface area contributed by atoms with Crippen LogP contribution in [-0.2, 0) is 28.6 Å². The molecular weight excluding hydrogens is 1010 g/mol. The van der Waals surface area contributed by atoms with Gasteiger partial charge in [0.15, 0.2) is 6.10 Å². The van der Waals surface area contributed by atoms with E-state index in [1.54, 1.807) is 0 Å². The highest BCUT2D eigenvalue weighted by atomic mass is 16.6. The topological polar surface area (TPSA) is 78.9 Å². The van der Waals surface area contributed by atoms with Crippen molar-refractivity contribution in [3.05, 3.63) is 48.6 Å². The van der Waals surface area contributed by atoms with E-state index in [9.17, 15) is 14.4 Å². The molecule has 0 aromatic rings. The lowest BCUT2D eigenvalue weighted by Crippen LogP contribution is -2.30. The van der Waals surface area contributed by atoms with Gasteiger partial charge in [0.2, 0.25) is 0 Å². The molecule has 0 saturated carbocycles. The minimum atomic E-state index is -0.771. The second-order valence-corrected chi connectivity index (χ2v) is 24.9. The first-order chi connectivity index (χ1) is 40.5. The first-order valence-corrected chi connectivity index (χ1v) is 36.6. The first-order valence-electron chi connectivity index (χ1n) is 36.6. The molecule has 1 unspecified atom stereocenters. The van der Waals surface area contributed by atoms with E-state index in [-0.39, 0.29) is 31.1 Å². The molecule has 0 rings (SSSR count). The van der Waals surface area contributed by atoms with Crippen molar-refractivity contribution < 1.29 is 28.6 Å². The van der Waals surface area contributed by atoms with Crippen LogP contribution >= 0.6 is 0 Å². The third kappa shape index (κ3) is 68.2. The molecule has 0 heterocycles. The highest BCUT2D eigenvalue weighted by Gasteiger charge is 2.19. The fourth-order valence-corrected chi connectivity index (χ4v) is 11.0. The molecule has 0 aliphatic carbocycles. The molecule has 82 heavy (non-hydrogen) atoms. The molecule has 0 aliphatic heterocycles. The van der Waals surface area contributed by atoms with Crippen molar-refractivity contribution in [2.24, 2.45) is 0 Å². The van der Waals surface area contributed by atoms with Crippen molar-refractivity contribution in [2.45, 2.75) is 406 Å². The summed E-state index contributed by atoms with van der Waals surface area (Å²) in [6.07, 6.45) is 90.2. The van der Waals surface area contributed by atoms with Gasteiger partial charge in [-0.25, -0.2) is 0 Å². The standard InChI is InChI=1S/C76H140O6/c1-4-7-10-13-16-19-22-24-26-28-30-32-33-34-35-36-37-38-39-40-41-42-43-45-46-48-50-52-54-57-60-63-66-69-75(78)81-72-73(71-80-74(77)68-65-62-59-56-21-18-15-12-9-6-3)82-76(79)70-67-64-61-58-55-53-51-49-47-44-31-29-27-25-23-20-17-14-11-8-5-2/h22,24,28-31,33-34,73H,4-21,23,25-27,32,35-72H2,1-3H3/b24-22-,30-28-,31-29-,34-33-. The van der Waals surface area contributed by atoms with Crippen LogP contribution in [-0.4, -0.2) is 37.2 Å². The Morgan fingerprint density at radius 1 is 0.244 bits per heavy atom. The summed E-state index contributed by atoms with van der Waals surface area (Å²) in [5.74, 6) is -0.845. The predicted octanol–water partition coefficient (Wildman–Crippen LogP) is 25.3. The number of hydrogen-bond donors (Lipinski definition) is 0. The fraction of sp³-hybridized carbons (Fsp3) is 0.855. The van der Waals surface area contributed by atoms with Gasteiger partial charge in [0.05, 0.1) is 0 Å². The average Bonchev–Trinajstić information content (AvgIpc) is 3.48. The highest BCUT2D eigenvalue weighted by molar-refractivity contribution is 5.71. The van der Waals surface area contributed by atoms with Gasteiger partial charge in [0.25, 0.3) is 0 Å². The quantitative estimate of drug-likeness (QED) is 0.0261. The summed E-state index contributed by atoms with van der Waals surface area (Å²) in [4.78, 5) is 38.3. The molecule has 0 saturated heterocycles. The van der Waals surface area contributed by atoms with Crippen LogP contribution in [0.4, 0.5) is 0 Å². The van der Waals surface area contributed by atoms with Crippen molar-refractivity contribution in [1.29, 1.82) is 0 Å². The summed E-state index contributed by atoms with van der Waals surface area (Å²) < 4.78 is 17.0. The summed E-state index contributed by atoms with van der Waals surface area (Å²) in [5.41, 5.74) is 0. The molecule has 0 radical (unpaired) electrons. The largest absolute Gasteiger partial charge is 0.462 e. The van der Waals surface area contributed by atoms with Crippen LogP contribution in [0.1, 0.15) is 400 Å². The Labute approximate surface area is 511 Å². The van der Waals surface area contributed by atoms with Gasteiger partial charge in [0.1, 0.15) is 13.2 Å². The van der Waals surface area contributed by atoms with Crippen molar-refractivity contribution in [3.8, 4) is 0 Å². The van der Waals surface area contributed by atoms with Crippen LogP contribution in [0.5, 0.6) is 0 Å². The van der Waals surface area contributed by atoms with Gasteiger partial charge in [0, 0.05) is 19.3 Å². The minimum Gasteiger partial charge on any atom is -0.462 e. The number of ether oxygens (including phenoxy) is 3. The van der Waals surface area contributed by atoms with Gasteiger partial charge < -0.3 is 14.2 Å². The number of carbonyl (C=O) groups excluding carboxylic acids is 3. The fourth-order valence-electron chi connectivity index (χ4n) is 11.0. The van der Waals surface area contributed by atoms with Gasteiger partial charge in [-0.15, -0.1) is 0 Å². The molecule has 6 nitrogen and oxygen atoms in total. The van der Waals surface area contributed by atoms with Crippen molar-refractivity contribution in [1.82, 2.24) is 0 Å². The van der Waals surface area contributed by atoms with E-state index < -0.39 is 6.10 Å². The van der Waals surface area contributed by atoms with Gasteiger partial charge in [-0.3, -0.25) is 14.4 Å². The number of unbranched alkanes of at least 4 members (excludes halogenated alkanes) is 49. The molecule has 480 valence electrons. The van der Waals surface area contributed by atoms with Gasteiger partial charge in [-0.05, 0) is 83.5 Å². The maximum absolute atomic E-state index is 12.9. The zero-order valence-corrected chi connectivity index (χ0v) is 55.3. The number of carbonyl (C=O) groups is 3.